The summed E-state index contributed by atoms with van der Waals surface area (Å²) in [5.41, 5.74) is 15.6. The molecule has 0 amide bonds. The average Bonchev–Trinajstić information content (AvgIpc) is 3.69. The number of hydrogen-bond donors (Lipinski definition) is 0. The number of benzene rings is 8. The van der Waals surface area contributed by atoms with Crippen molar-refractivity contribution < 1.29 is 4.42 Å². The van der Waals surface area contributed by atoms with E-state index in [1.54, 1.807) is 0 Å². The van der Waals surface area contributed by atoms with Crippen LogP contribution < -0.4 is 4.90 Å². The molecule has 0 radical (unpaired) electrons. The number of fused-ring (bicyclic) bond motifs is 6. The van der Waals surface area contributed by atoms with Gasteiger partial charge in [0.25, 0.3) is 0 Å². The summed E-state index contributed by atoms with van der Waals surface area (Å²) in [6.45, 7) is 0. The molecule has 2 nitrogen and oxygen atoms in total. The van der Waals surface area contributed by atoms with Gasteiger partial charge < -0.3 is 9.32 Å². The van der Waals surface area contributed by atoms with Gasteiger partial charge in [0.15, 0.2) is 0 Å². The van der Waals surface area contributed by atoms with Gasteiger partial charge in [-0.05, 0) is 99.0 Å². The van der Waals surface area contributed by atoms with Crippen LogP contribution in [0.15, 0.2) is 216 Å². The van der Waals surface area contributed by atoms with Gasteiger partial charge in [-0.3, -0.25) is 0 Å². The molecule has 2 atom stereocenters. The summed E-state index contributed by atoms with van der Waals surface area (Å²) in [5, 5.41) is 4.74. The molecular weight excluding hydrogens is 703 g/mol. The van der Waals surface area contributed by atoms with Crippen LogP contribution in [0.5, 0.6) is 0 Å². The molecule has 2 aliphatic carbocycles. The molecule has 0 saturated heterocycles. The van der Waals surface area contributed by atoms with E-state index >= 15 is 0 Å². The standard InChI is InChI=1S/C56H41NO/c1-3-14-39(15-4-1)48-21-9-11-24-52(48)57(45-31-26-41(27-32-45)47-23-13-19-38-18-7-8-20-46(38)47)53-34-29-43(37-51(53)40-16-5-2-6-17-40)42-28-33-49-44(36-42)30-35-55-56(49)50-22-10-12-25-54(50)58-55/h1-22,24-31,33-37,45,47H,23,32H2. The molecule has 8 aromatic carbocycles. The molecule has 58 heavy (non-hydrogen) atoms. The van der Waals surface area contributed by atoms with Gasteiger partial charge in [-0.2, -0.15) is 0 Å². The second kappa shape index (κ2) is 14.4. The molecule has 1 heterocycles. The first-order valence-electron chi connectivity index (χ1n) is 20.4. The Hall–Kier alpha value is -7.16. The predicted octanol–water partition coefficient (Wildman–Crippen LogP) is 15.3. The maximum Gasteiger partial charge on any atom is 0.136 e. The third kappa shape index (κ3) is 5.97. The van der Waals surface area contributed by atoms with Crippen LogP contribution in [0.4, 0.5) is 11.4 Å². The number of allylic oxidation sites excluding steroid dienone is 3. The first kappa shape index (κ1) is 34.1. The van der Waals surface area contributed by atoms with Crippen LogP contribution in [0.25, 0.3) is 72.2 Å². The van der Waals surface area contributed by atoms with Crippen LogP contribution in [-0.4, -0.2) is 6.04 Å². The minimum absolute atomic E-state index is 0.101. The Kier molecular flexibility index (Phi) is 8.47. The molecule has 276 valence electrons. The molecule has 2 heteroatoms. The zero-order valence-corrected chi connectivity index (χ0v) is 32.1. The Labute approximate surface area is 339 Å². The highest BCUT2D eigenvalue weighted by atomic mass is 16.3. The Morgan fingerprint density at radius 3 is 2.03 bits per heavy atom. The summed E-state index contributed by atoms with van der Waals surface area (Å²) in [6.07, 6.45) is 13.9. The van der Waals surface area contributed by atoms with Gasteiger partial charge >= 0.3 is 0 Å². The van der Waals surface area contributed by atoms with Gasteiger partial charge in [-0.25, -0.2) is 0 Å². The molecule has 0 fully saturated rings. The number of rotatable bonds is 7. The lowest BCUT2D eigenvalue weighted by molar-refractivity contribution is 0.669. The fourth-order valence-electron chi connectivity index (χ4n) is 9.37. The van der Waals surface area contributed by atoms with Crippen molar-refractivity contribution in [3.63, 3.8) is 0 Å². The Balaban J connectivity index is 1.05. The highest BCUT2D eigenvalue weighted by molar-refractivity contribution is 6.19. The highest BCUT2D eigenvalue weighted by Crippen LogP contribution is 2.46. The van der Waals surface area contributed by atoms with E-state index in [9.17, 15) is 0 Å². The summed E-state index contributed by atoms with van der Waals surface area (Å²) >= 11 is 0. The average molecular weight is 744 g/mol. The van der Waals surface area contributed by atoms with Crippen molar-refractivity contribution in [2.24, 2.45) is 0 Å². The van der Waals surface area contributed by atoms with Crippen LogP contribution >= 0.6 is 0 Å². The van der Waals surface area contributed by atoms with E-state index in [2.05, 4.69) is 211 Å². The normalized spacial score (nSPS) is 16.1. The minimum atomic E-state index is 0.101. The Morgan fingerprint density at radius 1 is 0.483 bits per heavy atom. The van der Waals surface area contributed by atoms with E-state index < -0.39 is 0 Å². The highest BCUT2D eigenvalue weighted by Gasteiger charge is 2.28. The van der Waals surface area contributed by atoms with Crippen molar-refractivity contribution in [2.45, 2.75) is 24.8 Å². The lowest BCUT2D eigenvalue weighted by atomic mass is 9.80. The molecule has 0 aliphatic heterocycles. The van der Waals surface area contributed by atoms with Crippen LogP contribution in [-0.2, 0) is 0 Å². The second-order valence-electron chi connectivity index (χ2n) is 15.5. The maximum atomic E-state index is 6.23. The summed E-state index contributed by atoms with van der Waals surface area (Å²) in [7, 11) is 0. The zero-order valence-electron chi connectivity index (χ0n) is 32.1. The third-order valence-electron chi connectivity index (χ3n) is 12.2. The van der Waals surface area contributed by atoms with E-state index in [1.165, 1.54) is 77.6 Å². The van der Waals surface area contributed by atoms with E-state index in [0.717, 1.165) is 29.4 Å². The van der Waals surface area contributed by atoms with Gasteiger partial charge in [-0.1, -0.05) is 176 Å². The van der Waals surface area contributed by atoms with Gasteiger partial charge in [0.2, 0.25) is 0 Å². The lowest BCUT2D eigenvalue weighted by Gasteiger charge is -2.37. The summed E-state index contributed by atoms with van der Waals surface area (Å²) in [4.78, 5) is 2.59. The molecule has 0 spiro atoms. The molecule has 2 aliphatic rings. The molecule has 2 unspecified atom stereocenters. The summed E-state index contributed by atoms with van der Waals surface area (Å²) < 4.78 is 6.23. The molecule has 1 aromatic heterocycles. The topological polar surface area (TPSA) is 16.4 Å². The number of anilines is 2. The molecule has 0 N–H and O–H groups in total. The van der Waals surface area contributed by atoms with Crippen LogP contribution in [0.3, 0.4) is 0 Å². The van der Waals surface area contributed by atoms with Gasteiger partial charge in [0.05, 0.1) is 6.04 Å². The van der Waals surface area contributed by atoms with Gasteiger partial charge in [0, 0.05) is 39.2 Å². The predicted molar refractivity (Wildman–Crippen MR) is 245 cm³/mol. The zero-order chi connectivity index (χ0) is 38.4. The van der Waals surface area contributed by atoms with Crippen LogP contribution in [0.1, 0.15) is 29.9 Å². The fraction of sp³-hybridized carbons (Fsp3) is 0.0714. The first-order valence-corrected chi connectivity index (χ1v) is 20.4. The van der Waals surface area contributed by atoms with Gasteiger partial charge in [0.1, 0.15) is 11.2 Å². The van der Waals surface area contributed by atoms with E-state index in [0.29, 0.717) is 5.92 Å². The molecule has 0 bridgehead atoms. The van der Waals surface area contributed by atoms with Crippen LogP contribution in [0.2, 0.25) is 0 Å². The lowest BCUT2D eigenvalue weighted by Crippen LogP contribution is -2.31. The Bertz CT molecular complexity index is 3070. The number of hydrogen-bond acceptors (Lipinski definition) is 2. The van der Waals surface area contributed by atoms with Gasteiger partial charge in [-0.15, -0.1) is 0 Å². The monoisotopic (exact) mass is 743 g/mol. The smallest absolute Gasteiger partial charge is 0.136 e. The van der Waals surface area contributed by atoms with Crippen molar-refractivity contribution in [1.82, 2.24) is 0 Å². The van der Waals surface area contributed by atoms with Crippen molar-refractivity contribution in [3.05, 3.63) is 223 Å². The van der Waals surface area contributed by atoms with Crippen molar-refractivity contribution in [2.75, 3.05) is 4.90 Å². The number of nitrogens with zero attached hydrogens (tertiary/aromatic N) is 1. The van der Waals surface area contributed by atoms with Crippen molar-refractivity contribution in [3.8, 4) is 33.4 Å². The summed E-state index contributed by atoms with van der Waals surface area (Å²) in [5.74, 6) is 0.368. The first-order chi connectivity index (χ1) is 28.8. The van der Waals surface area contributed by atoms with E-state index in [4.69, 9.17) is 4.42 Å². The Morgan fingerprint density at radius 2 is 1.19 bits per heavy atom. The third-order valence-corrected chi connectivity index (χ3v) is 12.2. The molecule has 9 aromatic rings. The number of furan rings is 1. The maximum absolute atomic E-state index is 6.23. The van der Waals surface area contributed by atoms with E-state index in [1.807, 2.05) is 6.07 Å². The SMILES string of the molecule is C1=Cc2ccccc2C(C2=CCC(N(c3ccccc3-c3ccccc3)c3ccc(-c4ccc5c(ccc6oc7ccccc7c65)c4)cc3-c3ccccc3)C=C2)C1. The fourth-order valence-corrected chi connectivity index (χ4v) is 9.37. The van der Waals surface area contributed by atoms with Crippen molar-refractivity contribution >= 4 is 50.2 Å². The molecular formula is C56H41NO. The minimum Gasteiger partial charge on any atom is -0.456 e. The largest absolute Gasteiger partial charge is 0.456 e. The molecule has 11 rings (SSSR count). The van der Waals surface area contributed by atoms with Crippen molar-refractivity contribution in [1.29, 1.82) is 0 Å². The number of para-hydroxylation sites is 2. The summed E-state index contributed by atoms with van der Waals surface area (Å²) in [6, 6.07) is 66.1. The van der Waals surface area contributed by atoms with Crippen LogP contribution in [0, 0.1) is 0 Å². The second-order valence-corrected chi connectivity index (χ2v) is 15.5. The quantitative estimate of drug-likeness (QED) is 0.162. The molecule has 0 saturated carbocycles. The van der Waals surface area contributed by atoms with E-state index in [-0.39, 0.29) is 6.04 Å².